The third kappa shape index (κ3) is 2.84. The van der Waals surface area contributed by atoms with E-state index in [-0.39, 0.29) is 0 Å². The van der Waals surface area contributed by atoms with E-state index in [0.717, 1.165) is 18.8 Å². The second-order valence-electron chi connectivity index (χ2n) is 3.33. The number of para-hydroxylation sites is 1. The van der Waals surface area contributed by atoms with Gasteiger partial charge in [0.25, 0.3) is 0 Å². The molecule has 0 atom stereocenters. The van der Waals surface area contributed by atoms with E-state index in [9.17, 15) is 0 Å². The zero-order valence-corrected chi connectivity index (χ0v) is 8.52. The van der Waals surface area contributed by atoms with Gasteiger partial charge in [0.15, 0.2) is 0 Å². The van der Waals surface area contributed by atoms with Gasteiger partial charge in [0.05, 0.1) is 6.61 Å². The Morgan fingerprint density at radius 3 is 2.80 bits per heavy atom. The van der Waals surface area contributed by atoms with E-state index in [2.05, 4.69) is 22.3 Å². The lowest BCUT2D eigenvalue weighted by atomic mass is 10.1. The minimum absolute atomic E-state index is 0.886. The lowest BCUT2D eigenvalue weighted by Gasteiger charge is -2.15. The third-order valence-electron chi connectivity index (χ3n) is 2.23. The van der Waals surface area contributed by atoms with Gasteiger partial charge < -0.3 is 4.74 Å². The monoisotopic (exact) mass is 202 g/mol. The van der Waals surface area contributed by atoms with Gasteiger partial charge in [-0.2, -0.15) is 5.10 Å². The largest absolute Gasteiger partial charge is 0.493 e. The molecule has 0 aliphatic carbocycles. The Balaban J connectivity index is 0.000000144. The maximum Gasteiger partial charge on any atom is 0.122 e. The second-order valence-corrected chi connectivity index (χ2v) is 3.33. The summed E-state index contributed by atoms with van der Waals surface area (Å²) in [4.78, 5) is 0. The number of hydrogen-bond acceptors (Lipinski definition) is 2. The standard InChI is InChI=1S/C9H10O.C3H4N2/c1-2-6-9-8(4-1)5-3-7-10-9;1-2-4-5-3-1/h1-2,4,6H,3,5,7H2;1-3H,(H,4,5). The molecule has 3 rings (SSSR count). The first-order chi connectivity index (χ1) is 7.47. The van der Waals surface area contributed by atoms with Crippen LogP contribution in [0.25, 0.3) is 0 Å². The number of aromatic nitrogens is 2. The smallest absolute Gasteiger partial charge is 0.122 e. The summed E-state index contributed by atoms with van der Waals surface area (Å²) < 4.78 is 5.42. The SMILES string of the molecule is c1ccc2c(c1)CCCO2.c1cn[nH]c1. The van der Waals surface area contributed by atoms with Crippen LogP contribution in [0.5, 0.6) is 5.75 Å². The minimum atomic E-state index is 0.886. The Morgan fingerprint density at radius 1 is 1.20 bits per heavy atom. The van der Waals surface area contributed by atoms with E-state index in [4.69, 9.17) is 4.74 Å². The molecule has 0 saturated carbocycles. The predicted molar refractivity (Wildman–Crippen MR) is 58.8 cm³/mol. The molecule has 1 aliphatic rings. The van der Waals surface area contributed by atoms with Gasteiger partial charge in [-0.15, -0.1) is 0 Å². The summed E-state index contributed by atoms with van der Waals surface area (Å²) in [5.41, 5.74) is 1.36. The third-order valence-corrected chi connectivity index (χ3v) is 2.23. The molecule has 1 N–H and O–H groups in total. The molecule has 2 aromatic rings. The molecule has 0 fully saturated rings. The first-order valence-electron chi connectivity index (χ1n) is 5.11. The van der Waals surface area contributed by atoms with Crippen molar-refractivity contribution < 1.29 is 4.74 Å². The van der Waals surface area contributed by atoms with Gasteiger partial charge in [-0.05, 0) is 30.5 Å². The van der Waals surface area contributed by atoms with E-state index in [0.29, 0.717) is 0 Å². The summed E-state index contributed by atoms with van der Waals surface area (Å²) in [6.07, 6.45) is 5.80. The number of aryl methyl sites for hydroxylation is 1. The summed E-state index contributed by atoms with van der Waals surface area (Å²) in [6.45, 7) is 0.886. The van der Waals surface area contributed by atoms with Crippen LogP contribution in [0, 0.1) is 0 Å². The van der Waals surface area contributed by atoms with Crippen molar-refractivity contribution in [1.29, 1.82) is 0 Å². The topological polar surface area (TPSA) is 37.9 Å². The molecule has 78 valence electrons. The molecular formula is C12H14N2O. The number of rotatable bonds is 0. The molecule has 0 spiro atoms. The molecule has 1 aromatic carbocycles. The van der Waals surface area contributed by atoms with Crippen molar-refractivity contribution in [2.45, 2.75) is 12.8 Å². The first kappa shape index (κ1) is 9.77. The lowest BCUT2D eigenvalue weighted by Crippen LogP contribution is -2.07. The molecule has 3 nitrogen and oxygen atoms in total. The van der Waals surface area contributed by atoms with Crippen molar-refractivity contribution in [3.8, 4) is 5.75 Å². The van der Waals surface area contributed by atoms with Crippen LogP contribution in [0.1, 0.15) is 12.0 Å². The highest BCUT2D eigenvalue weighted by Gasteiger charge is 2.06. The first-order valence-corrected chi connectivity index (χ1v) is 5.11. The van der Waals surface area contributed by atoms with Gasteiger partial charge in [0.2, 0.25) is 0 Å². The fourth-order valence-corrected chi connectivity index (χ4v) is 1.51. The van der Waals surface area contributed by atoms with Crippen molar-refractivity contribution in [2.24, 2.45) is 0 Å². The van der Waals surface area contributed by atoms with Crippen molar-refractivity contribution in [2.75, 3.05) is 6.61 Å². The lowest BCUT2D eigenvalue weighted by molar-refractivity contribution is 0.288. The Morgan fingerprint density at radius 2 is 2.13 bits per heavy atom. The maximum atomic E-state index is 5.42. The van der Waals surface area contributed by atoms with Crippen molar-refractivity contribution in [3.63, 3.8) is 0 Å². The summed E-state index contributed by atoms with van der Waals surface area (Å²) in [5, 5.41) is 6.21. The Kier molecular flexibility index (Phi) is 3.38. The van der Waals surface area contributed by atoms with Gasteiger partial charge in [-0.25, -0.2) is 0 Å². The Bertz CT molecular complexity index is 342. The normalized spacial score (nSPS) is 13.1. The zero-order chi connectivity index (χ0) is 10.3. The fraction of sp³-hybridized carbons (Fsp3) is 0.250. The number of nitrogens with zero attached hydrogens (tertiary/aromatic N) is 1. The number of aromatic amines is 1. The van der Waals surface area contributed by atoms with Crippen molar-refractivity contribution >= 4 is 0 Å². The molecule has 0 saturated heterocycles. The molecule has 1 aromatic heterocycles. The minimum Gasteiger partial charge on any atom is -0.493 e. The van der Waals surface area contributed by atoms with Gasteiger partial charge in [0, 0.05) is 12.4 Å². The van der Waals surface area contributed by atoms with Gasteiger partial charge >= 0.3 is 0 Å². The zero-order valence-electron chi connectivity index (χ0n) is 8.52. The summed E-state index contributed by atoms with van der Waals surface area (Å²) in [7, 11) is 0. The van der Waals surface area contributed by atoms with E-state index in [1.807, 2.05) is 18.2 Å². The molecular weight excluding hydrogens is 188 g/mol. The van der Waals surface area contributed by atoms with Crippen molar-refractivity contribution in [1.82, 2.24) is 10.2 Å². The van der Waals surface area contributed by atoms with Crippen LogP contribution in [-0.2, 0) is 6.42 Å². The molecule has 0 unspecified atom stereocenters. The van der Waals surface area contributed by atoms with Gasteiger partial charge in [0.1, 0.15) is 5.75 Å². The van der Waals surface area contributed by atoms with E-state index in [1.165, 1.54) is 12.0 Å². The molecule has 3 heteroatoms. The Labute approximate surface area is 89.1 Å². The highest BCUT2D eigenvalue weighted by atomic mass is 16.5. The molecule has 0 amide bonds. The van der Waals surface area contributed by atoms with Crippen LogP contribution in [0.4, 0.5) is 0 Å². The van der Waals surface area contributed by atoms with Crippen LogP contribution in [0.3, 0.4) is 0 Å². The number of nitrogens with one attached hydrogen (secondary N) is 1. The number of ether oxygens (including phenoxy) is 1. The van der Waals surface area contributed by atoms with Crippen LogP contribution in [0.15, 0.2) is 42.7 Å². The van der Waals surface area contributed by atoms with Crippen LogP contribution in [0.2, 0.25) is 0 Å². The molecule has 2 heterocycles. The number of fused-ring (bicyclic) bond motifs is 1. The quantitative estimate of drug-likeness (QED) is 0.712. The predicted octanol–water partition coefficient (Wildman–Crippen LogP) is 2.42. The highest BCUT2D eigenvalue weighted by Crippen LogP contribution is 2.22. The molecule has 0 radical (unpaired) electrons. The average Bonchev–Trinajstić information content (AvgIpc) is 2.88. The molecule has 0 bridgehead atoms. The molecule has 15 heavy (non-hydrogen) atoms. The average molecular weight is 202 g/mol. The summed E-state index contributed by atoms with van der Waals surface area (Å²) >= 11 is 0. The van der Waals surface area contributed by atoms with E-state index < -0.39 is 0 Å². The fourth-order valence-electron chi connectivity index (χ4n) is 1.51. The second kappa shape index (κ2) is 5.20. The van der Waals surface area contributed by atoms with Gasteiger partial charge in [-0.3, -0.25) is 5.10 Å². The van der Waals surface area contributed by atoms with E-state index >= 15 is 0 Å². The number of benzene rings is 1. The summed E-state index contributed by atoms with van der Waals surface area (Å²) in [5.74, 6) is 1.08. The molecule has 1 aliphatic heterocycles. The van der Waals surface area contributed by atoms with E-state index in [1.54, 1.807) is 12.4 Å². The maximum absolute atomic E-state index is 5.42. The van der Waals surface area contributed by atoms with Crippen molar-refractivity contribution in [3.05, 3.63) is 48.3 Å². The Hall–Kier alpha value is -1.77. The summed E-state index contributed by atoms with van der Waals surface area (Å²) in [6, 6.07) is 10.1. The highest BCUT2D eigenvalue weighted by molar-refractivity contribution is 5.34. The van der Waals surface area contributed by atoms with Crippen LogP contribution >= 0.6 is 0 Å². The van der Waals surface area contributed by atoms with Gasteiger partial charge in [-0.1, -0.05) is 18.2 Å². The van der Waals surface area contributed by atoms with Crippen LogP contribution in [-0.4, -0.2) is 16.8 Å². The van der Waals surface area contributed by atoms with Crippen LogP contribution < -0.4 is 4.74 Å². The number of hydrogen-bond donors (Lipinski definition) is 1. The number of H-pyrrole nitrogens is 1.